The van der Waals surface area contributed by atoms with E-state index in [1.165, 1.54) is 51.4 Å². The van der Waals surface area contributed by atoms with Crippen molar-refractivity contribution in [3.8, 4) is 0 Å². The molecule has 0 amide bonds. The number of ether oxygens (including phenoxy) is 1. The Morgan fingerprint density at radius 2 is 0.978 bits per heavy atom. The molecule has 0 aromatic heterocycles. The maximum atomic E-state index is 12.7. The predicted molar refractivity (Wildman–Crippen MR) is 163 cm³/mol. The highest BCUT2D eigenvalue weighted by Crippen LogP contribution is 2.51. The smallest absolute Gasteiger partial charge is 0.460 e. The van der Waals surface area contributed by atoms with Crippen LogP contribution in [0, 0.1) is 0 Å². The molecule has 8 N–H and O–H groups in total. The number of aliphatic hydroxyl groups is 3. The summed E-state index contributed by atoms with van der Waals surface area (Å²) in [6, 6.07) is 0. The van der Waals surface area contributed by atoms with Crippen LogP contribution in [0.1, 0.15) is 110 Å². The number of phosphoric acid groups is 3. The van der Waals surface area contributed by atoms with E-state index in [4.69, 9.17) is 33.4 Å². The molecular formula is C26H53O17P3. The lowest BCUT2D eigenvalue weighted by Gasteiger charge is -2.44. The summed E-state index contributed by atoms with van der Waals surface area (Å²) >= 11 is 0. The highest BCUT2D eigenvalue weighted by atomic mass is 31.2. The third-order valence-corrected chi connectivity index (χ3v) is 9.48. The third kappa shape index (κ3) is 18.4. The Bertz CT molecular complexity index is 966. The number of phosphoric ester groups is 3. The Morgan fingerprint density at radius 1 is 0.609 bits per heavy atom. The predicted octanol–water partition coefficient (Wildman–Crippen LogP) is 3.34. The quantitative estimate of drug-likeness (QED) is 0.0380. The normalized spacial score (nSPS) is 26.0. The van der Waals surface area contributed by atoms with Crippen molar-refractivity contribution < 1.29 is 81.1 Å². The van der Waals surface area contributed by atoms with Crippen LogP contribution in [0.3, 0.4) is 0 Å². The van der Waals surface area contributed by atoms with Gasteiger partial charge >= 0.3 is 29.4 Å². The molecule has 8 atom stereocenters. The lowest BCUT2D eigenvalue weighted by atomic mass is 9.85. The van der Waals surface area contributed by atoms with Crippen molar-refractivity contribution in [2.24, 2.45) is 0 Å². The van der Waals surface area contributed by atoms with Gasteiger partial charge in [0.1, 0.15) is 42.7 Å². The van der Waals surface area contributed by atoms with Crippen LogP contribution in [0.25, 0.3) is 0 Å². The van der Waals surface area contributed by atoms with E-state index in [9.17, 15) is 38.7 Å². The first-order valence-corrected chi connectivity index (χ1v) is 20.3. The topological polar surface area (TPSA) is 276 Å². The molecule has 17 nitrogen and oxygen atoms in total. The SMILES string of the molecule is CCCCCCCCCCCCCCCC(=O)O[C@H](CC)COP(=O)(O)OC1C(O)[C@H](OP(=O)(O)O)C(O)[C@H](OP(=O)(O)O)[C@@H]1O. The van der Waals surface area contributed by atoms with Crippen LogP contribution in [0.15, 0.2) is 0 Å². The minimum atomic E-state index is -5.47. The van der Waals surface area contributed by atoms with Gasteiger partial charge in [0.05, 0.1) is 6.61 Å². The largest absolute Gasteiger partial charge is 0.472 e. The Kier molecular flexibility index (Phi) is 20.6. The molecule has 20 heteroatoms. The van der Waals surface area contributed by atoms with Gasteiger partial charge in [0.15, 0.2) is 0 Å². The first kappa shape index (κ1) is 43.7. The number of rotatable bonds is 25. The summed E-state index contributed by atoms with van der Waals surface area (Å²) in [5, 5.41) is 31.2. The molecule has 0 radical (unpaired) electrons. The molecule has 1 fully saturated rings. The highest BCUT2D eigenvalue weighted by molar-refractivity contribution is 7.47. The van der Waals surface area contributed by atoms with Crippen LogP contribution in [0.4, 0.5) is 0 Å². The average molecular weight is 731 g/mol. The Labute approximate surface area is 270 Å². The van der Waals surface area contributed by atoms with Crippen molar-refractivity contribution in [1.29, 1.82) is 0 Å². The fraction of sp³-hybridized carbons (Fsp3) is 0.962. The van der Waals surface area contributed by atoms with E-state index in [0.717, 1.165) is 25.7 Å². The van der Waals surface area contributed by atoms with E-state index in [0.29, 0.717) is 6.42 Å². The van der Waals surface area contributed by atoms with E-state index >= 15 is 0 Å². The molecule has 1 rings (SSSR count). The van der Waals surface area contributed by atoms with E-state index in [-0.39, 0.29) is 12.8 Å². The first-order valence-electron chi connectivity index (χ1n) is 15.8. The molecule has 0 aromatic carbocycles. The minimum absolute atomic E-state index is 0.131. The van der Waals surface area contributed by atoms with E-state index < -0.39 is 78.8 Å². The van der Waals surface area contributed by atoms with Crippen molar-refractivity contribution in [3.63, 3.8) is 0 Å². The summed E-state index contributed by atoms with van der Waals surface area (Å²) in [6.07, 6.45) is -0.294. The molecule has 1 saturated carbocycles. The van der Waals surface area contributed by atoms with Crippen molar-refractivity contribution in [1.82, 2.24) is 0 Å². The van der Waals surface area contributed by atoms with Crippen LogP contribution in [0.2, 0.25) is 0 Å². The monoisotopic (exact) mass is 730 g/mol. The second-order valence-electron chi connectivity index (χ2n) is 11.4. The second kappa shape index (κ2) is 21.7. The number of carbonyl (C=O) groups excluding carboxylic acids is 1. The van der Waals surface area contributed by atoms with Gasteiger partial charge in [-0.3, -0.25) is 22.9 Å². The lowest BCUT2D eigenvalue weighted by molar-refractivity contribution is -0.213. The molecule has 0 aliphatic heterocycles. The number of hydrogen-bond donors (Lipinski definition) is 8. The number of unbranched alkanes of at least 4 members (excludes halogenated alkanes) is 12. The molecule has 0 spiro atoms. The summed E-state index contributed by atoms with van der Waals surface area (Å²) in [7, 11) is -16.2. The summed E-state index contributed by atoms with van der Waals surface area (Å²) in [4.78, 5) is 58.9. The van der Waals surface area contributed by atoms with Crippen LogP contribution >= 0.6 is 23.5 Å². The molecule has 0 saturated heterocycles. The van der Waals surface area contributed by atoms with Crippen LogP contribution in [-0.4, -0.2) is 95.1 Å². The third-order valence-electron chi connectivity index (χ3n) is 7.45. The summed E-state index contributed by atoms with van der Waals surface area (Å²) in [5.74, 6) is -0.547. The maximum absolute atomic E-state index is 12.7. The Morgan fingerprint density at radius 3 is 1.35 bits per heavy atom. The van der Waals surface area contributed by atoms with Gasteiger partial charge in [0, 0.05) is 6.42 Å². The fourth-order valence-electron chi connectivity index (χ4n) is 4.99. The van der Waals surface area contributed by atoms with Gasteiger partial charge in [-0.2, -0.15) is 0 Å². The summed E-state index contributed by atoms with van der Waals surface area (Å²) in [5.41, 5.74) is 0. The number of aliphatic hydroxyl groups excluding tert-OH is 3. The van der Waals surface area contributed by atoms with Gasteiger partial charge in [0.2, 0.25) is 0 Å². The van der Waals surface area contributed by atoms with Crippen molar-refractivity contribution in [3.05, 3.63) is 0 Å². The molecule has 46 heavy (non-hydrogen) atoms. The summed E-state index contributed by atoms with van der Waals surface area (Å²) < 4.78 is 58.7. The molecular weight excluding hydrogens is 677 g/mol. The maximum Gasteiger partial charge on any atom is 0.472 e. The number of hydrogen-bond acceptors (Lipinski definition) is 12. The molecule has 1 aliphatic carbocycles. The zero-order valence-corrected chi connectivity index (χ0v) is 29.1. The molecule has 4 unspecified atom stereocenters. The highest BCUT2D eigenvalue weighted by Gasteiger charge is 2.56. The minimum Gasteiger partial charge on any atom is -0.460 e. The fourth-order valence-corrected chi connectivity index (χ4v) is 7.09. The van der Waals surface area contributed by atoms with Gasteiger partial charge in [-0.1, -0.05) is 90.9 Å². The average Bonchev–Trinajstić information content (AvgIpc) is 2.95. The van der Waals surface area contributed by atoms with E-state index in [2.05, 4.69) is 16.0 Å². The molecule has 274 valence electrons. The molecule has 0 aromatic rings. The number of carbonyl (C=O) groups is 1. The zero-order valence-electron chi connectivity index (χ0n) is 26.4. The van der Waals surface area contributed by atoms with Crippen LogP contribution in [-0.2, 0) is 41.3 Å². The van der Waals surface area contributed by atoms with Crippen molar-refractivity contribution in [2.75, 3.05) is 6.61 Å². The molecule has 0 bridgehead atoms. The van der Waals surface area contributed by atoms with Gasteiger partial charge in [-0.25, -0.2) is 13.7 Å². The molecule has 1 aliphatic rings. The summed E-state index contributed by atoms with van der Waals surface area (Å²) in [6.45, 7) is 3.15. The van der Waals surface area contributed by atoms with E-state index in [1.807, 2.05) is 0 Å². The van der Waals surface area contributed by atoms with Crippen molar-refractivity contribution in [2.45, 2.75) is 153 Å². The lowest BCUT2D eigenvalue weighted by Crippen LogP contribution is -2.65. The van der Waals surface area contributed by atoms with Gasteiger partial charge in [0.25, 0.3) is 0 Å². The Hall–Kier alpha value is -0.320. The van der Waals surface area contributed by atoms with Gasteiger partial charge < -0.3 is 44.5 Å². The van der Waals surface area contributed by atoms with Crippen LogP contribution < -0.4 is 0 Å². The number of esters is 1. The first-order chi connectivity index (χ1) is 21.4. The Balaban J connectivity index is 2.54. The standard InChI is InChI=1S/C26H53O17P3/c1-3-5-6-7-8-9-10-11-12-13-14-15-16-17-20(27)40-19(4-2)18-39-46(37,38)43-26-22(29)24(41-44(31,32)33)21(28)25(23(26)30)42-45(34,35)36/h19,21-26,28-30H,3-18H2,1-2H3,(H,37,38)(H2,31,32,33)(H2,34,35,36)/t19-,21?,22+,23?,24+,25-,26?/m1/s1. The van der Waals surface area contributed by atoms with E-state index in [1.54, 1.807) is 6.92 Å². The van der Waals surface area contributed by atoms with Gasteiger partial charge in [-0.15, -0.1) is 0 Å². The second-order valence-corrected chi connectivity index (χ2v) is 15.2. The van der Waals surface area contributed by atoms with Gasteiger partial charge in [-0.05, 0) is 12.8 Å². The van der Waals surface area contributed by atoms with Crippen molar-refractivity contribution >= 4 is 29.4 Å². The molecule has 0 heterocycles. The van der Waals surface area contributed by atoms with Crippen LogP contribution in [0.5, 0.6) is 0 Å². The zero-order chi connectivity index (χ0) is 35.0.